The summed E-state index contributed by atoms with van der Waals surface area (Å²) in [6.45, 7) is 6.75. The van der Waals surface area contributed by atoms with Gasteiger partial charge in [-0.15, -0.1) is 11.3 Å². The van der Waals surface area contributed by atoms with Crippen molar-refractivity contribution in [3.05, 3.63) is 62.3 Å². The zero-order valence-corrected chi connectivity index (χ0v) is 19.6. The van der Waals surface area contributed by atoms with Gasteiger partial charge in [0.2, 0.25) is 0 Å². The van der Waals surface area contributed by atoms with Gasteiger partial charge in [-0.1, -0.05) is 45.4 Å². The predicted molar refractivity (Wildman–Crippen MR) is 126 cm³/mol. The number of esters is 1. The van der Waals surface area contributed by atoms with E-state index in [9.17, 15) is 14.4 Å². The zero-order valence-electron chi connectivity index (χ0n) is 18.7. The third-order valence-corrected chi connectivity index (χ3v) is 7.95. The van der Waals surface area contributed by atoms with Gasteiger partial charge in [-0.05, 0) is 48.3 Å². The average molecular weight is 454 g/mol. The molecule has 32 heavy (non-hydrogen) atoms. The maximum atomic E-state index is 13.0. The molecule has 3 aromatic rings. The number of hydrogen-bond acceptors (Lipinski definition) is 6. The SMILES string of the molecule is CCC(C)(C)[C@H]1CCc2c(sc(NC(=O)c3cc4ccccc4oc3=O)c2C(=O)OC)C1. The summed E-state index contributed by atoms with van der Waals surface area (Å²) in [5.74, 6) is -0.574. The van der Waals surface area contributed by atoms with Crippen LogP contribution in [0.25, 0.3) is 11.0 Å². The van der Waals surface area contributed by atoms with E-state index in [0.717, 1.165) is 36.1 Å². The number of carbonyl (C=O) groups is 2. The van der Waals surface area contributed by atoms with Crippen LogP contribution in [0.3, 0.4) is 0 Å². The van der Waals surface area contributed by atoms with E-state index in [2.05, 4.69) is 26.1 Å². The van der Waals surface area contributed by atoms with E-state index in [4.69, 9.17) is 9.15 Å². The first-order valence-electron chi connectivity index (χ1n) is 10.8. The maximum absolute atomic E-state index is 13.0. The Kier molecular flexibility index (Phi) is 5.95. The third kappa shape index (κ3) is 3.97. The van der Waals surface area contributed by atoms with Gasteiger partial charge in [0, 0.05) is 10.3 Å². The van der Waals surface area contributed by atoms with Gasteiger partial charge in [-0.25, -0.2) is 9.59 Å². The van der Waals surface area contributed by atoms with Crippen LogP contribution in [0.2, 0.25) is 0 Å². The normalized spacial score (nSPS) is 15.9. The highest BCUT2D eigenvalue weighted by Crippen LogP contribution is 2.45. The van der Waals surface area contributed by atoms with E-state index in [1.54, 1.807) is 24.3 Å². The van der Waals surface area contributed by atoms with Crippen molar-refractivity contribution in [2.75, 3.05) is 12.4 Å². The van der Waals surface area contributed by atoms with E-state index in [0.29, 0.717) is 27.5 Å². The molecule has 1 aromatic carbocycles. The summed E-state index contributed by atoms with van der Waals surface area (Å²) in [6, 6.07) is 8.53. The number of nitrogens with one attached hydrogen (secondary N) is 1. The topological polar surface area (TPSA) is 85.6 Å². The van der Waals surface area contributed by atoms with Crippen LogP contribution in [0.4, 0.5) is 5.00 Å². The van der Waals surface area contributed by atoms with Crippen molar-refractivity contribution in [1.82, 2.24) is 0 Å². The molecule has 0 saturated heterocycles. The number of para-hydroxylation sites is 1. The molecule has 6 nitrogen and oxygen atoms in total. The van der Waals surface area contributed by atoms with E-state index >= 15 is 0 Å². The summed E-state index contributed by atoms with van der Waals surface area (Å²) in [5.41, 5.74) is 1.15. The van der Waals surface area contributed by atoms with Crippen LogP contribution in [0.1, 0.15) is 64.8 Å². The summed E-state index contributed by atoms with van der Waals surface area (Å²) in [6.07, 6.45) is 3.68. The summed E-state index contributed by atoms with van der Waals surface area (Å²) >= 11 is 1.40. The molecule has 0 unspecified atom stereocenters. The molecule has 1 atom stereocenters. The zero-order chi connectivity index (χ0) is 23.0. The first-order valence-corrected chi connectivity index (χ1v) is 11.6. The number of amides is 1. The fourth-order valence-corrected chi connectivity index (χ4v) is 5.65. The van der Waals surface area contributed by atoms with Crippen molar-refractivity contribution in [2.45, 2.75) is 46.5 Å². The van der Waals surface area contributed by atoms with Crippen molar-refractivity contribution in [3.63, 3.8) is 0 Å². The minimum atomic E-state index is -0.716. The van der Waals surface area contributed by atoms with Crippen LogP contribution in [-0.2, 0) is 17.6 Å². The highest BCUT2D eigenvalue weighted by molar-refractivity contribution is 7.17. The Balaban J connectivity index is 1.70. The molecule has 4 rings (SSSR count). The molecular formula is C25H27NO5S. The van der Waals surface area contributed by atoms with E-state index in [1.807, 2.05) is 0 Å². The molecule has 7 heteroatoms. The van der Waals surface area contributed by atoms with Crippen molar-refractivity contribution in [1.29, 1.82) is 0 Å². The quantitative estimate of drug-likeness (QED) is 0.411. The Bertz CT molecular complexity index is 1250. The number of ether oxygens (including phenoxy) is 1. The Morgan fingerprint density at radius 3 is 2.75 bits per heavy atom. The lowest BCUT2D eigenvalue weighted by Gasteiger charge is -2.36. The summed E-state index contributed by atoms with van der Waals surface area (Å²) in [7, 11) is 1.34. The average Bonchev–Trinajstić information content (AvgIpc) is 3.14. The molecule has 168 valence electrons. The van der Waals surface area contributed by atoms with Gasteiger partial charge in [0.05, 0.1) is 12.7 Å². The number of hydrogen-bond donors (Lipinski definition) is 1. The van der Waals surface area contributed by atoms with Gasteiger partial charge in [0.15, 0.2) is 0 Å². The molecule has 2 heterocycles. The molecular weight excluding hydrogens is 426 g/mol. The lowest BCUT2D eigenvalue weighted by atomic mass is 9.69. The van der Waals surface area contributed by atoms with Crippen molar-refractivity contribution < 1.29 is 18.7 Å². The second kappa shape index (κ2) is 8.54. The number of anilines is 1. The van der Waals surface area contributed by atoms with Crippen molar-refractivity contribution >= 4 is 39.2 Å². The van der Waals surface area contributed by atoms with Crippen molar-refractivity contribution in [2.24, 2.45) is 11.3 Å². The van der Waals surface area contributed by atoms with Gasteiger partial charge in [0.25, 0.3) is 5.91 Å². The fourth-order valence-electron chi connectivity index (χ4n) is 4.34. The Morgan fingerprint density at radius 1 is 1.28 bits per heavy atom. The molecule has 1 aliphatic rings. The lowest BCUT2D eigenvalue weighted by Crippen LogP contribution is -2.28. The van der Waals surface area contributed by atoms with Crippen LogP contribution in [-0.4, -0.2) is 19.0 Å². The maximum Gasteiger partial charge on any atom is 0.349 e. The third-order valence-electron chi connectivity index (χ3n) is 6.78. The van der Waals surface area contributed by atoms with Crippen LogP contribution in [0.5, 0.6) is 0 Å². The minimum absolute atomic E-state index is 0.101. The Labute approximate surface area is 190 Å². The molecule has 0 saturated carbocycles. The van der Waals surface area contributed by atoms with Crippen LogP contribution in [0.15, 0.2) is 39.5 Å². The summed E-state index contributed by atoms with van der Waals surface area (Å²) in [4.78, 5) is 39.1. The summed E-state index contributed by atoms with van der Waals surface area (Å²) < 4.78 is 10.3. The molecule has 1 N–H and O–H groups in total. The molecule has 0 spiro atoms. The van der Waals surface area contributed by atoms with Gasteiger partial charge in [-0.2, -0.15) is 0 Å². The van der Waals surface area contributed by atoms with E-state index in [1.165, 1.54) is 24.5 Å². The number of benzene rings is 1. The molecule has 1 aliphatic carbocycles. The van der Waals surface area contributed by atoms with Crippen molar-refractivity contribution in [3.8, 4) is 0 Å². The number of fused-ring (bicyclic) bond motifs is 2. The first-order chi connectivity index (χ1) is 15.2. The van der Waals surface area contributed by atoms with Gasteiger partial charge in [-0.3, -0.25) is 4.79 Å². The summed E-state index contributed by atoms with van der Waals surface area (Å²) in [5, 5.41) is 3.87. The molecule has 1 amide bonds. The van der Waals surface area contributed by atoms with E-state index in [-0.39, 0.29) is 11.0 Å². The monoisotopic (exact) mass is 453 g/mol. The number of rotatable bonds is 5. The Hall–Kier alpha value is -2.93. The number of methoxy groups -OCH3 is 1. The number of carbonyl (C=O) groups excluding carboxylic acids is 2. The second-order valence-electron chi connectivity index (χ2n) is 8.92. The minimum Gasteiger partial charge on any atom is -0.465 e. The highest BCUT2D eigenvalue weighted by Gasteiger charge is 2.35. The Morgan fingerprint density at radius 2 is 2.03 bits per heavy atom. The highest BCUT2D eigenvalue weighted by atomic mass is 32.1. The smallest absolute Gasteiger partial charge is 0.349 e. The van der Waals surface area contributed by atoms with Crippen LogP contribution in [0, 0.1) is 11.3 Å². The molecule has 0 aliphatic heterocycles. The lowest BCUT2D eigenvalue weighted by molar-refractivity contribution is 0.0600. The first kappa shape index (κ1) is 22.3. The molecule has 2 aromatic heterocycles. The van der Waals surface area contributed by atoms with Gasteiger partial charge < -0.3 is 14.5 Å². The molecule has 0 radical (unpaired) electrons. The second-order valence-corrected chi connectivity index (χ2v) is 10.0. The standard InChI is InChI=1S/C25H27NO5S/c1-5-25(2,3)15-10-11-16-19(13-15)32-22(20(16)24(29)30-4)26-21(27)17-12-14-8-6-7-9-18(14)31-23(17)28/h6-9,12,15H,5,10-11,13H2,1-4H3,(H,26,27)/t15-/m0/s1. The van der Waals surface area contributed by atoms with Crippen LogP contribution >= 0.6 is 11.3 Å². The largest absolute Gasteiger partial charge is 0.465 e. The van der Waals surface area contributed by atoms with E-state index < -0.39 is 17.5 Å². The number of thiophene rings is 1. The van der Waals surface area contributed by atoms with Crippen LogP contribution < -0.4 is 10.9 Å². The van der Waals surface area contributed by atoms with Gasteiger partial charge >= 0.3 is 11.6 Å². The predicted octanol–water partition coefficient (Wildman–Crippen LogP) is 5.43. The fraction of sp³-hybridized carbons (Fsp3) is 0.400. The van der Waals surface area contributed by atoms with Gasteiger partial charge in [0.1, 0.15) is 16.1 Å². The molecule has 0 bridgehead atoms. The molecule has 0 fully saturated rings.